The van der Waals surface area contributed by atoms with Crippen molar-refractivity contribution in [2.24, 2.45) is 5.41 Å². The van der Waals surface area contributed by atoms with Gasteiger partial charge in [0.25, 0.3) is 0 Å². The number of benzene rings is 2. The molecule has 0 bridgehead atoms. The van der Waals surface area contributed by atoms with Crippen LogP contribution in [0, 0.1) is 38.3 Å². The Labute approximate surface area is 273 Å². The van der Waals surface area contributed by atoms with Gasteiger partial charge in [-0.2, -0.15) is 0 Å². The Bertz CT molecular complexity index is 2110. The first kappa shape index (κ1) is 28.1. The van der Waals surface area contributed by atoms with Gasteiger partial charge in [0, 0.05) is 61.3 Å². The van der Waals surface area contributed by atoms with Gasteiger partial charge in [0.15, 0.2) is 0 Å². The third kappa shape index (κ3) is 6.62. The van der Waals surface area contributed by atoms with Gasteiger partial charge in [-0.3, -0.25) is 0 Å². The van der Waals surface area contributed by atoms with Gasteiger partial charge in [0.05, 0.1) is 5.58 Å². The fraction of sp³-hybridized carbons (Fsp3) is 0.216. The molecule has 0 atom stereocenters. The predicted octanol–water partition coefficient (Wildman–Crippen LogP) is 10.1. The van der Waals surface area contributed by atoms with E-state index in [0.717, 1.165) is 65.1 Å². The molecule has 0 amide bonds. The van der Waals surface area contributed by atoms with Gasteiger partial charge in [-0.1, -0.05) is 49.9 Å². The number of rotatable bonds is 3. The zero-order valence-electron chi connectivity index (χ0n) is 27.0. The van der Waals surface area contributed by atoms with Crippen molar-refractivity contribution in [3.05, 3.63) is 113 Å². The van der Waals surface area contributed by atoms with E-state index in [-0.39, 0.29) is 20.1 Å². The summed E-state index contributed by atoms with van der Waals surface area (Å²) in [6, 6.07) is 28.3. The van der Waals surface area contributed by atoms with Crippen molar-refractivity contribution in [3.63, 3.8) is 0 Å². The number of thiophene rings is 1. The zero-order valence-corrected chi connectivity index (χ0v) is 28.2. The minimum Gasteiger partial charge on any atom is -0.486 e. The van der Waals surface area contributed by atoms with Gasteiger partial charge in [-0.05, 0) is 67.2 Å². The van der Waals surface area contributed by atoms with Crippen molar-refractivity contribution in [2.45, 2.75) is 47.9 Å². The molecule has 1 radical (unpaired) electrons. The summed E-state index contributed by atoms with van der Waals surface area (Å²) < 4.78 is 24.7. The molecule has 0 aliphatic rings. The van der Waals surface area contributed by atoms with E-state index in [4.69, 9.17) is 12.1 Å². The second kappa shape index (κ2) is 12.5. The summed E-state index contributed by atoms with van der Waals surface area (Å²) in [6.07, 6.45) is 2.20. The van der Waals surface area contributed by atoms with E-state index < -0.39 is 11.8 Å². The molecule has 4 nitrogen and oxygen atoms in total. The summed E-state index contributed by atoms with van der Waals surface area (Å²) in [7, 11) is 0. The number of hydrogen-bond acceptors (Lipinski definition) is 5. The van der Waals surface area contributed by atoms with Crippen LogP contribution in [0.5, 0.6) is 0 Å². The molecule has 0 saturated heterocycles. The van der Waals surface area contributed by atoms with Crippen molar-refractivity contribution in [1.82, 2.24) is 15.0 Å². The molecule has 0 fully saturated rings. The Hall–Kier alpha value is -3.70. The number of furan rings is 1. The summed E-state index contributed by atoms with van der Waals surface area (Å²) in [5.74, 6) is 0. The third-order valence-corrected chi connectivity index (χ3v) is 7.91. The maximum atomic E-state index is 8.78. The molecule has 0 saturated carbocycles. The smallest absolute Gasteiger partial charge is 0.216 e. The van der Waals surface area contributed by atoms with Gasteiger partial charge >= 0.3 is 0 Å². The number of pyridine rings is 3. The first-order valence-electron chi connectivity index (χ1n) is 14.9. The van der Waals surface area contributed by atoms with Gasteiger partial charge in [-0.15, -0.1) is 65.4 Å². The van der Waals surface area contributed by atoms with Crippen LogP contribution >= 0.6 is 11.3 Å². The molecule has 0 aliphatic carbocycles. The molecule has 43 heavy (non-hydrogen) atoms. The van der Waals surface area contributed by atoms with Crippen LogP contribution in [0.25, 0.3) is 54.7 Å². The van der Waals surface area contributed by atoms with E-state index >= 15 is 0 Å². The molecule has 5 aromatic heterocycles. The fourth-order valence-electron chi connectivity index (χ4n) is 4.87. The topological polar surface area (TPSA) is 51.8 Å². The molecule has 0 aliphatic heterocycles. The summed E-state index contributed by atoms with van der Waals surface area (Å²) in [4.78, 5) is 14.5. The Morgan fingerprint density at radius 2 is 1.67 bits per heavy atom. The maximum absolute atomic E-state index is 8.78. The van der Waals surface area contributed by atoms with Crippen LogP contribution in [-0.2, 0) is 26.5 Å². The van der Waals surface area contributed by atoms with E-state index in [2.05, 4.69) is 28.2 Å². The van der Waals surface area contributed by atoms with Crippen molar-refractivity contribution < 1.29 is 27.3 Å². The second-order valence-corrected chi connectivity index (χ2v) is 12.7. The second-order valence-electron chi connectivity index (χ2n) is 11.5. The molecule has 2 aromatic carbocycles. The molecule has 5 heterocycles. The average Bonchev–Trinajstić information content (AvgIpc) is 3.53. The van der Waals surface area contributed by atoms with Gasteiger partial charge in [0.1, 0.15) is 0 Å². The molecule has 0 spiro atoms. The molecule has 0 unspecified atom stereocenters. The summed E-state index contributed by atoms with van der Waals surface area (Å²) in [5.41, 5.74) is 7.22. The van der Waals surface area contributed by atoms with Crippen LogP contribution in [0.15, 0.2) is 83.5 Å². The van der Waals surface area contributed by atoms with E-state index in [9.17, 15) is 0 Å². The van der Waals surface area contributed by atoms with Crippen LogP contribution in [-0.4, -0.2) is 15.0 Å². The number of fused-ring (bicyclic) bond motifs is 4. The average molecular weight is 762 g/mol. The maximum Gasteiger partial charge on any atom is 0.216 e. The van der Waals surface area contributed by atoms with E-state index in [1.807, 2.05) is 108 Å². The molecular weight excluding hydrogens is 727 g/mol. The predicted molar refractivity (Wildman–Crippen MR) is 175 cm³/mol. The first-order chi connectivity index (χ1) is 20.9. The molecule has 7 rings (SSSR count). The van der Waals surface area contributed by atoms with Gasteiger partial charge < -0.3 is 14.4 Å². The number of aromatic nitrogens is 3. The van der Waals surface area contributed by atoms with E-state index in [0.29, 0.717) is 5.71 Å². The summed E-state index contributed by atoms with van der Waals surface area (Å²) in [6.45, 7) is 11.8. The minimum atomic E-state index is -1.47. The van der Waals surface area contributed by atoms with Crippen molar-refractivity contribution in [1.29, 1.82) is 0 Å². The fourth-order valence-corrected chi connectivity index (χ4v) is 5.89. The molecule has 6 heteroatoms. The van der Waals surface area contributed by atoms with Crippen LogP contribution in [0.3, 0.4) is 0 Å². The van der Waals surface area contributed by atoms with Crippen molar-refractivity contribution in [2.75, 3.05) is 0 Å². The molecular formula is C37H33IrN3OS-2. The van der Waals surface area contributed by atoms with Crippen LogP contribution < -0.4 is 0 Å². The number of hydrogen-bond donors (Lipinski definition) is 0. The minimum absolute atomic E-state index is 0. The molecule has 7 aromatic rings. The largest absolute Gasteiger partial charge is 0.486 e. The van der Waals surface area contributed by atoms with Crippen LogP contribution in [0.4, 0.5) is 0 Å². The number of aryl methyl sites for hydroxylation is 3. The first-order valence-corrected chi connectivity index (χ1v) is 14.8. The van der Waals surface area contributed by atoms with Crippen molar-refractivity contribution in [3.8, 4) is 22.5 Å². The van der Waals surface area contributed by atoms with Crippen molar-refractivity contribution >= 4 is 43.5 Å². The van der Waals surface area contributed by atoms with Gasteiger partial charge in [-0.25, -0.2) is 4.98 Å². The third-order valence-electron chi connectivity index (χ3n) is 6.84. The number of nitrogens with zero attached hydrogens (tertiary/aromatic N) is 3. The Balaban J connectivity index is 0.000000240. The standard InChI is InChI=1S/C25H23N2OS.C12H10N.Ir/c1-14-9-10-17-16-7-6-8-18(23(16)28-24(17)27-14)21-11-22-20(13-26-21)19(15(2)29-22)12-25(3,4)5;1-10-7-8-12(13-9-10)11-5-3-2-4-6-11;/h6-7,9-11,13H,12H2,1-5H3;2-5,7-9H,1H3;/q2*-1;/i12D2;;. The summed E-state index contributed by atoms with van der Waals surface area (Å²) >= 11 is 1.61. The normalized spacial score (nSPS) is 12.4. The van der Waals surface area contributed by atoms with Gasteiger partial charge in [0.2, 0.25) is 5.71 Å². The van der Waals surface area contributed by atoms with Crippen LogP contribution in [0.1, 0.15) is 45.2 Å². The van der Waals surface area contributed by atoms with E-state index in [1.54, 1.807) is 17.5 Å². The zero-order chi connectivity index (χ0) is 31.2. The quantitative estimate of drug-likeness (QED) is 0.168. The molecule has 219 valence electrons. The SMILES string of the molecule is Cc1ccc(-c2[c-]cccc2)nc1.[2H]C([2H])(c1c(C)sc2cc(-c3[c-]ccc4c3oc3nc(C)ccc34)ncc12)C(C)(C)C.[Ir]. The summed E-state index contributed by atoms with van der Waals surface area (Å²) in [5, 5.41) is 2.84. The monoisotopic (exact) mass is 762 g/mol. The van der Waals surface area contributed by atoms with Crippen LogP contribution in [0.2, 0.25) is 0 Å². The Morgan fingerprint density at radius 3 is 2.40 bits per heavy atom. The Kier molecular flexibility index (Phi) is 8.16. The Morgan fingerprint density at radius 1 is 0.860 bits per heavy atom. The molecule has 0 N–H and O–H groups in total. The van der Waals surface area contributed by atoms with E-state index in [1.165, 1.54) is 5.56 Å².